The SMILES string of the molecule is COc1cccn2nc(C3c4nc[nH]c4CCN3C(=O)c3nnc(C4CC4)o3)cc12. The summed E-state index contributed by atoms with van der Waals surface area (Å²) in [6.45, 7) is 0.491. The number of carbonyl (C=O) groups is 1. The second-order valence-electron chi connectivity index (χ2n) is 7.61. The number of methoxy groups -OCH3 is 1. The van der Waals surface area contributed by atoms with Gasteiger partial charge in [-0.15, -0.1) is 10.2 Å². The molecule has 5 heterocycles. The third kappa shape index (κ3) is 2.60. The van der Waals surface area contributed by atoms with E-state index in [-0.39, 0.29) is 11.8 Å². The Balaban J connectivity index is 1.44. The van der Waals surface area contributed by atoms with Gasteiger partial charge in [-0.05, 0) is 31.0 Å². The highest BCUT2D eigenvalue weighted by atomic mass is 16.5. The van der Waals surface area contributed by atoms with Gasteiger partial charge >= 0.3 is 11.8 Å². The summed E-state index contributed by atoms with van der Waals surface area (Å²) in [5.41, 5.74) is 3.29. The molecule has 0 aromatic carbocycles. The zero-order valence-corrected chi connectivity index (χ0v) is 16.3. The molecule has 4 aromatic rings. The molecule has 1 aliphatic carbocycles. The number of ether oxygens (including phenoxy) is 1. The molecule has 4 aromatic heterocycles. The lowest BCUT2D eigenvalue weighted by atomic mass is 9.99. The van der Waals surface area contributed by atoms with Crippen LogP contribution in [0.4, 0.5) is 0 Å². The summed E-state index contributed by atoms with van der Waals surface area (Å²) in [5, 5.41) is 12.8. The van der Waals surface area contributed by atoms with E-state index in [1.54, 1.807) is 22.9 Å². The number of fused-ring (bicyclic) bond motifs is 2. The average molecular weight is 405 g/mol. The largest absolute Gasteiger partial charge is 0.494 e. The number of aromatic nitrogens is 6. The third-order valence-electron chi connectivity index (χ3n) is 5.72. The Hall–Kier alpha value is -3.69. The number of nitrogens with one attached hydrogen (secondary N) is 1. The fourth-order valence-corrected chi connectivity index (χ4v) is 4.05. The van der Waals surface area contributed by atoms with Gasteiger partial charge in [0.05, 0.1) is 24.8 Å². The predicted molar refractivity (Wildman–Crippen MR) is 103 cm³/mol. The quantitative estimate of drug-likeness (QED) is 0.553. The van der Waals surface area contributed by atoms with Crippen LogP contribution in [0.3, 0.4) is 0 Å². The molecule has 0 bridgehead atoms. The molecule has 152 valence electrons. The standard InChI is InChI=1S/C20H19N7O3/c1-29-15-3-2-7-27-14(15)9-13(25-27)17-16-12(21-10-22-16)6-8-26(17)20(28)19-24-23-18(30-19)11-4-5-11/h2-3,7,9-11,17H,4-6,8H2,1H3,(H,21,22). The minimum absolute atomic E-state index is 0.0160. The number of rotatable bonds is 4. The minimum atomic E-state index is -0.464. The molecule has 1 saturated carbocycles. The number of hydrogen-bond acceptors (Lipinski definition) is 7. The lowest BCUT2D eigenvalue weighted by Gasteiger charge is -2.32. The minimum Gasteiger partial charge on any atom is -0.494 e. The molecular weight excluding hydrogens is 386 g/mol. The van der Waals surface area contributed by atoms with E-state index in [0.29, 0.717) is 36.2 Å². The van der Waals surface area contributed by atoms with Crippen molar-refractivity contribution in [1.29, 1.82) is 0 Å². The van der Waals surface area contributed by atoms with Crippen molar-refractivity contribution in [3.05, 3.63) is 59.6 Å². The molecule has 1 unspecified atom stereocenters. The van der Waals surface area contributed by atoms with E-state index in [9.17, 15) is 4.79 Å². The lowest BCUT2D eigenvalue weighted by Crippen LogP contribution is -2.41. The number of aromatic amines is 1. The maximum absolute atomic E-state index is 13.3. The highest BCUT2D eigenvalue weighted by Crippen LogP contribution is 2.40. The highest BCUT2D eigenvalue weighted by molar-refractivity contribution is 5.90. The zero-order valence-electron chi connectivity index (χ0n) is 16.3. The molecule has 0 spiro atoms. The van der Waals surface area contributed by atoms with E-state index in [4.69, 9.17) is 14.3 Å². The molecule has 1 amide bonds. The van der Waals surface area contributed by atoms with E-state index >= 15 is 0 Å². The molecule has 30 heavy (non-hydrogen) atoms. The van der Waals surface area contributed by atoms with Crippen molar-refractivity contribution in [3.8, 4) is 5.75 Å². The van der Waals surface area contributed by atoms with Crippen LogP contribution in [0.1, 0.15) is 58.5 Å². The van der Waals surface area contributed by atoms with Crippen molar-refractivity contribution in [2.75, 3.05) is 13.7 Å². The second-order valence-corrected chi connectivity index (χ2v) is 7.61. The summed E-state index contributed by atoms with van der Waals surface area (Å²) in [5.74, 6) is 1.25. The normalized spacial score (nSPS) is 18.6. The molecular formula is C20H19N7O3. The Morgan fingerprint density at radius 1 is 1.33 bits per heavy atom. The summed E-state index contributed by atoms with van der Waals surface area (Å²) in [7, 11) is 1.62. The van der Waals surface area contributed by atoms with Gasteiger partial charge in [0, 0.05) is 30.8 Å². The van der Waals surface area contributed by atoms with Gasteiger partial charge in [0.1, 0.15) is 17.3 Å². The van der Waals surface area contributed by atoms with Gasteiger partial charge in [0.15, 0.2) is 0 Å². The van der Waals surface area contributed by atoms with E-state index < -0.39 is 6.04 Å². The van der Waals surface area contributed by atoms with Crippen molar-refractivity contribution in [2.24, 2.45) is 0 Å². The van der Waals surface area contributed by atoms with Crippen LogP contribution >= 0.6 is 0 Å². The van der Waals surface area contributed by atoms with Crippen LogP contribution in [0, 0.1) is 0 Å². The number of amides is 1. The lowest BCUT2D eigenvalue weighted by molar-refractivity contribution is 0.0644. The summed E-state index contributed by atoms with van der Waals surface area (Å²) in [4.78, 5) is 22.7. The topological polar surface area (TPSA) is 114 Å². The average Bonchev–Trinajstić information content (AvgIpc) is 3.19. The first-order valence-corrected chi connectivity index (χ1v) is 9.91. The van der Waals surface area contributed by atoms with Crippen LogP contribution in [-0.4, -0.2) is 54.2 Å². The number of nitrogens with zero attached hydrogens (tertiary/aromatic N) is 6. The maximum Gasteiger partial charge on any atom is 0.312 e. The first-order chi connectivity index (χ1) is 14.7. The Kier molecular flexibility index (Phi) is 3.67. The fourth-order valence-electron chi connectivity index (χ4n) is 4.05. The van der Waals surface area contributed by atoms with Gasteiger partial charge in [-0.3, -0.25) is 4.79 Å². The summed E-state index contributed by atoms with van der Waals surface area (Å²) in [6.07, 6.45) is 6.23. The molecule has 1 aliphatic heterocycles. The number of H-pyrrole nitrogens is 1. The number of pyridine rings is 1. The predicted octanol–water partition coefficient (Wildman–Crippen LogP) is 2.11. The van der Waals surface area contributed by atoms with Crippen molar-refractivity contribution >= 4 is 11.4 Å². The van der Waals surface area contributed by atoms with Gasteiger partial charge in [-0.2, -0.15) is 5.10 Å². The van der Waals surface area contributed by atoms with Gasteiger partial charge in [-0.1, -0.05) is 0 Å². The maximum atomic E-state index is 13.3. The summed E-state index contributed by atoms with van der Waals surface area (Å²) in [6, 6.07) is 5.21. The highest BCUT2D eigenvalue weighted by Gasteiger charge is 2.39. The Morgan fingerprint density at radius 3 is 3.07 bits per heavy atom. The molecule has 10 heteroatoms. The first-order valence-electron chi connectivity index (χ1n) is 9.91. The van der Waals surface area contributed by atoms with Crippen LogP contribution in [0.5, 0.6) is 5.75 Å². The van der Waals surface area contributed by atoms with Crippen LogP contribution < -0.4 is 4.74 Å². The van der Waals surface area contributed by atoms with Gasteiger partial charge in [-0.25, -0.2) is 9.50 Å². The van der Waals surface area contributed by atoms with E-state index in [2.05, 4.69) is 20.2 Å². The molecule has 1 fully saturated rings. The smallest absolute Gasteiger partial charge is 0.312 e. The van der Waals surface area contributed by atoms with Crippen LogP contribution in [0.15, 0.2) is 35.1 Å². The first kappa shape index (κ1) is 17.2. The molecule has 6 rings (SSSR count). The second kappa shape index (κ2) is 6.41. The van der Waals surface area contributed by atoms with E-state index in [1.165, 1.54) is 0 Å². The van der Waals surface area contributed by atoms with Gasteiger partial charge in [0.25, 0.3) is 0 Å². The van der Waals surface area contributed by atoms with E-state index in [1.807, 2.05) is 24.4 Å². The Labute approximate surface area is 170 Å². The third-order valence-corrected chi connectivity index (χ3v) is 5.72. The van der Waals surface area contributed by atoms with Crippen molar-refractivity contribution in [2.45, 2.75) is 31.2 Å². The molecule has 0 saturated heterocycles. The molecule has 1 N–H and O–H groups in total. The van der Waals surface area contributed by atoms with Crippen molar-refractivity contribution in [3.63, 3.8) is 0 Å². The summed E-state index contributed by atoms with van der Waals surface area (Å²) >= 11 is 0. The molecule has 10 nitrogen and oxygen atoms in total. The zero-order chi connectivity index (χ0) is 20.2. The van der Waals surface area contributed by atoms with Crippen molar-refractivity contribution < 1.29 is 13.9 Å². The molecule has 1 atom stereocenters. The monoisotopic (exact) mass is 405 g/mol. The molecule has 0 radical (unpaired) electrons. The number of hydrogen-bond donors (Lipinski definition) is 1. The van der Waals surface area contributed by atoms with Crippen LogP contribution in [-0.2, 0) is 6.42 Å². The van der Waals surface area contributed by atoms with Gasteiger partial charge in [0.2, 0.25) is 5.89 Å². The molecule has 2 aliphatic rings. The number of imidazole rings is 1. The van der Waals surface area contributed by atoms with E-state index in [0.717, 1.165) is 29.7 Å². The Morgan fingerprint density at radius 2 is 2.23 bits per heavy atom. The Bertz CT molecular complexity index is 1250. The van der Waals surface area contributed by atoms with Crippen LogP contribution in [0.25, 0.3) is 5.52 Å². The fraction of sp³-hybridized carbons (Fsp3) is 0.350. The van der Waals surface area contributed by atoms with Crippen molar-refractivity contribution in [1.82, 2.24) is 34.7 Å². The van der Waals surface area contributed by atoms with Crippen LogP contribution in [0.2, 0.25) is 0 Å². The number of carbonyl (C=O) groups excluding carboxylic acids is 1. The summed E-state index contributed by atoms with van der Waals surface area (Å²) < 4.78 is 12.9. The van der Waals surface area contributed by atoms with Gasteiger partial charge < -0.3 is 19.0 Å².